The number of phenols is 1. The van der Waals surface area contributed by atoms with E-state index in [0.717, 1.165) is 38.9 Å². The van der Waals surface area contributed by atoms with Crippen molar-refractivity contribution in [3.63, 3.8) is 0 Å². The van der Waals surface area contributed by atoms with Gasteiger partial charge in [-0.3, -0.25) is 9.29 Å². The molecule has 1 atom stereocenters. The van der Waals surface area contributed by atoms with Crippen LogP contribution >= 0.6 is 57.6 Å². The third-order valence-electron chi connectivity index (χ3n) is 3.40. The van der Waals surface area contributed by atoms with Crippen molar-refractivity contribution < 1.29 is 9.50 Å². The quantitative estimate of drug-likeness (QED) is 0.591. The van der Waals surface area contributed by atoms with Gasteiger partial charge in [0.15, 0.2) is 0 Å². The smallest absolute Gasteiger partial charge is 0.142 e. The SMILES string of the molecule is Cl.Oc1c(I)cc([C@H](CCF)N2CCNCC2)cc1I. The van der Waals surface area contributed by atoms with Crippen LogP contribution in [-0.4, -0.2) is 42.9 Å². The summed E-state index contributed by atoms with van der Waals surface area (Å²) >= 11 is 4.26. The minimum absolute atomic E-state index is 0. The van der Waals surface area contributed by atoms with E-state index in [1.54, 1.807) is 0 Å². The molecule has 1 aliphatic rings. The average molecular weight is 527 g/mol. The molecule has 2 rings (SSSR count). The second kappa shape index (κ2) is 8.92. The van der Waals surface area contributed by atoms with Gasteiger partial charge in [-0.15, -0.1) is 12.4 Å². The topological polar surface area (TPSA) is 35.5 Å². The zero-order chi connectivity index (χ0) is 13.8. The van der Waals surface area contributed by atoms with E-state index in [4.69, 9.17) is 0 Å². The number of piperazine rings is 1. The maximum atomic E-state index is 12.9. The van der Waals surface area contributed by atoms with Gasteiger partial charge in [0, 0.05) is 32.2 Å². The van der Waals surface area contributed by atoms with Crippen molar-refractivity contribution in [3.8, 4) is 5.75 Å². The summed E-state index contributed by atoms with van der Waals surface area (Å²) in [5.74, 6) is 0.323. The predicted molar refractivity (Wildman–Crippen MR) is 98.6 cm³/mol. The van der Waals surface area contributed by atoms with Gasteiger partial charge in [0.05, 0.1) is 13.8 Å². The molecule has 0 spiro atoms. The molecule has 1 aromatic carbocycles. The Kier molecular flexibility index (Phi) is 8.32. The zero-order valence-corrected chi connectivity index (χ0v) is 16.0. The summed E-state index contributed by atoms with van der Waals surface area (Å²) in [6.07, 6.45) is 0.511. The van der Waals surface area contributed by atoms with Crippen molar-refractivity contribution in [3.05, 3.63) is 24.8 Å². The largest absolute Gasteiger partial charge is 0.506 e. The molecule has 0 unspecified atom stereocenters. The van der Waals surface area contributed by atoms with E-state index >= 15 is 0 Å². The van der Waals surface area contributed by atoms with Crippen LogP contribution in [0.5, 0.6) is 5.75 Å². The minimum atomic E-state index is -0.317. The van der Waals surface area contributed by atoms with E-state index in [0.29, 0.717) is 12.2 Å². The highest BCUT2D eigenvalue weighted by molar-refractivity contribution is 14.1. The highest BCUT2D eigenvalue weighted by Gasteiger charge is 2.23. The number of rotatable bonds is 4. The van der Waals surface area contributed by atoms with Crippen LogP contribution in [0.4, 0.5) is 4.39 Å². The lowest BCUT2D eigenvalue weighted by Crippen LogP contribution is -2.45. The Morgan fingerprint density at radius 1 is 1.25 bits per heavy atom. The van der Waals surface area contributed by atoms with Crippen molar-refractivity contribution in [1.29, 1.82) is 0 Å². The van der Waals surface area contributed by atoms with E-state index in [-0.39, 0.29) is 25.1 Å². The molecule has 20 heavy (non-hydrogen) atoms. The normalized spacial score (nSPS) is 17.6. The second-order valence-corrected chi connectivity index (χ2v) is 6.94. The minimum Gasteiger partial charge on any atom is -0.506 e. The Hall–Kier alpha value is 0.620. The van der Waals surface area contributed by atoms with E-state index < -0.39 is 0 Å². The maximum Gasteiger partial charge on any atom is 0.142 e. The molecule has 0 saturated carbocycles. The van der Waals surface area contributed by atoms with Gasteiger partial charge in [0.1, 0.15) is 5.75 Å². The Morgan fingerprint density at radius 2 is 1.80 bits per heavy atom. The molecule has 7 heteroatoms. The summed E-state index contributed by atoms with van der Waals surface area (Å²) in [5, 5.41) is 13.2. The van der Waals surface area contributed by atoms with E-state index in [9.17, 15) is 9.50 Å². The van der Waals surface area contributed by atoms with Gasteiger partial charge in [-0.25, -0.2) is 0 Å². The zero-order valence-electron chi connectivity index (χ0n) is 10.9. The molecule has 2 N–H and O–H groups in total. The Bertz CT molecular complexity index is 421. The molecule has 0 radical (unpaired) electrons. The lowest BCUT2D eigenvalue weighted by Gasteiger charge is -2.35. The van der Waals surface area contributed by atoms with Crippen LogP contribution in [0.2, 0.25) is 0 Å². The number of phenolic OH excluding ortho intramolecular Hbond substituents is 1. The van der Waals surface area contributed by atoms with Crippen molar-refractivity contribution in [2.75, 3.05) is 32.9 Å². The van der Waals surface area contributed by atoms with Crippen LogP contribution in [0.1, 0.15) is 18.0 Å². The maximum absolute atomic E-state index is 12.9. The van der Waals surface area contributed by atoms with Gasteiger partial charge in [0.25, 0.3) is 0 Å². The monoisotopic (exact) mass is 526 g/mol. The standard InChI is InChI=1S/C13H17FI2N2O.ClH/c14-2-1-12(18-5-3-17-4-6-18)9-7-10(15)13(19)11(16)8-9;/h7-8,12,17,19H,1-6H2;1H/t12-;/m0./s1. The van der Waals surface area contributed by atoms with Crippen molar-refractivity contribution in [2.24, 2.45) is 0 Å². The van der Waals surface area contributed by atoms with Gasteiger partial charge in [0.2, 0.25) is 0 Å². The summed E-state index contributed by atoms with van der Waals surface area (Å²) in [6.45, 7) is 3.48. The molecule has 1 saturated heterocycles. The molecule has 0 bridgehead atoms. The number of nitrogens with zero attached hydrogens (tertiary/aromatic N) is 1. The molecule has 0 aromatic heterocycles. The fourth-order valence-corrected chi connectivity index (χ4v) is 4.25. The molecule has 114 valence electrons. The van der Waals surface area contributed by atoms with E-state index in [1.807, 2.05) is 12.1 Å². The van der Waals surface area contributed by atoms with Crippen LogP contribution in [0, 0.1) is 7.14 Å². The second-order valence-electron chi connectivity index (χ2n) is 4.61. The molecule has 1 aromatic rings. The summed E-state index contributed by atoms with van der Waals surface area (Å²) in [5.41, 5.74) is 1.10. The molecular formula is C13H18ClFI2N2O. The first kappa shape index (κ1) is 18.7. The predicted octanol–water partition coefficient (Wildman–Crippen LogP) is 3.33. The summed E-state index contributed by atoms with van der Waals surface area (Å²) < 4.78 is 14.5. The first-order chi connectivity index (χ1) is 9.13. The van der Waals surface area contributed by atoms with Gasteiger partial charge < -0.3 is 10.4 Å². The fraction of sp³-hybridized carbons (Fsp3) is 0.538. The number of halogens is 4. The van der Waals surface area contributed by atoms with E-state index in [2.05, 4.69) is 55.4 Å². The molecule has 1 heterocycles. The van der Waals surface area contributed by atoms with Gasteiger partial charge >= 0.3 is 0 Å². The van der Waals surface area contributed by atoms with Crippen LogP contribution in [-0.2, 0) is 0 Å². The first-order valence-electron chi connectivity index (χ1n) is 6.32. The first-order valence-corrected chi connectivity index (χ1v) is 8.48. The molecule has 3 nitrogen and oxygen atoms in total. The summed E-state index contributed by atoms with van der Waals surface area (Å²) in [6, 6.07) is 4.05. The fourth-order valence-electron chi connectivity index (χ4n) is 2.43. The third kappa shape index (κ3) is 4.56. The number of hydrogen-bond donors (Lipinski definition) is 2. The van der Waals surface area contributed by atoms with Crippen molar-refractivity contribution in [1.82, 2.24) is 10.2 Å². The Balaban J connectivity index is 0.00000200. The lowest BCUT2D eigenvalue weighted by atomic mass is 10.0. The highest BCUT2D eigenvalue weighted by atomic mass is 127. The number of hydrogen-bond acceptors (Lipinski definition) is 3. The van der Waals surface area contributed by atoms with Crippen molar-refractivity contribution in [2.45, 2.75) is 12.5 Å². The molecular weight excluding hydrogens is 508 g/mol. The van der Waals surface area contributed by atoms with Gasteiger partial charge in [-0.05, 0) is 69.3 Å². The molecule has 0 amide bonds. The number of nitrogens with one attached hydrogen (secondary N) is 1. The Morgan fingerprint density at radius 3 is 2.30 bits per heavy atom. The van der Waals surface area contributed by atoms with Crippen molar-refractivity contribution >= 4 is 57.6 Å². The van der Waals surface area contributed by atoms with Crippen LogP contribution in [0.15, 0.2) is 12.1 Å². The van der Waals surface area contributed by atoms with Crippen LogP contribution in [0.3, 0.4) is 0 Å². The van der Waals surface area contributed by atoms with E-state index in [1.165, 1.54) is 0 Å². The third-order valence-corrected chi connectivity index (χ3v) is 5.04. The lowest BCUT2D eigenvalue weighted by molar-refractivity contribution is 0.157. The molecule has 0 aliphatic carbocycles. The van der Waals surface area contributed by atoms with Gasteiger partial charge in [-0.2, -0.15) is 0 Å². The Labute approximate surface area is 152 Å². The highest BCUT2D eigenvalue weighted by Crippen LogP contribution is 2.33. The number of benzene rings is 1. The summed E-state index contributed by atoms with van der Waals surface area (Å²) in [4.78, 5) is 2.33. The number of alkyl halides is 1. The number of aromatic hydroxyl groups is 1. The van der Waals surface area contributed by atoms with Crippen LogP contribution < -0.4 is 5.32 Å². The molecule has 1 fully saturated rings. The molecule has 1 aliphatic heterocycles. The van der Waals surface area contributed by atoms with Gasteiger partial charge in [-0.1, -0.05) is 0 Å². The average Bonchev–Trinajstić information content (AvgIpc) is 2.42. The van der Waals surface area contributed by atoms with Crippen LogP contribution in [0.25, 0.3) is 0 Å². The summed E-state index contributed by atoms with van der Waals surface area (Å²) in [7, 11) is 0.